The minimum atomic E-state index is -1.04. The lowest BCUT2D eigenvalue weighted by molar-refractivity contribution is 0.652. The van der Waals surface area contributed by atoms with E-state index in [-0.39, 0.29) is 0 Å². The Kier molecular flexibility index (Phi) is 10.7. The summed E-state index contributed by atoms with van der Waals surface area (Å²) >= 11 is 2.16. The van der Waals surface area contributed by atoms with Crippen LogP contribution >= 0.6 is 27.8 Å². The van der Waals surface area contributed by atoms with Crippen molar-refractivity contribution in [1.82, 2.24) is 0 Å². The van der Waals surface area contributed by atoms with E-state index in [2.05, 4.69) is 68.0 Å². The number of hydrogen-bond acceptors (Lipinski definition) is 1. The second-order valence-electron chi connectivity index (χ2n) is 6.40. The second kappa shape index (κ2) is 11.6. The number of rotatable bonds is 10. The standard InChI is InChI=1S/C20H32IOP/c1-5-6-7-8-9-10-11-12-13-14-19-15-20(23(21)22)18(4)16(2)17(19)3/h10-11,15,22H,5-9,12-14H2,1-4H3/b11-10+. The summed E-state index contributed by atoms with van der Waals surface area (Å²) in [7, 11) is 0. The molecule has 1 aromatic rings. The Morgan fingerprint density at radius 2 is 1.61 bits per heavy atom. The molecule has 0 fully saturated rings. The first-order valence-electron chi connectivity index (χ1n) is 8.88. The molecule has 1 atom stereocenters. The summed E-state index contributed by atoms with van der Waals surface area (Å²) in [4.78, 5) is 10.0. The van der Waals surface area contributed by atoms with E-state index in [9.17, 15) is 4.89 Å². The summed E-state index contributed by atoms with van der Waals surface area (Å²) in [5.41, 5.74) is 5.43. The highest BCUT2D eigenvalue weighted by molar-refractivity contribution is 14.2. The largest absolute Gasteiger partial charge is 0.360 e. The third kappa shape index (κ3) is 7.23. The van der Waals surface area contributed by atoms with E-state index in [1.54, 1.807) is 0 Å². The number of halogens is 1. The van der Waals surface area contributed by atoms with Gasteiger partial charge in [0.25, 0.3) is 0 Å². The summed E-state index contributed by atoms with van der Waals surface area (Å²) in [5, 5.41) is 1.14. The van der Waals surface area contributed by atoms with Crippen molar-refractivity contribution in [1.29, 1.82) is 0 Å². The van der Waals surface area contributed by atoms with Crippen LogP contribution in [0.4, 0.5) is 0 Å². The van der Waals surface area contributed by atoms with Crippen LogP contribution in [0.25, 0.3) is 0 Å². The van der Waals surface area contributed by atoms with Gasteiger partial charge in [-0.05, 0) is 103 Å². The third-order valence-corrected chi connectivity index (χ3v) is 7.13. The van der Waals surface area contributed by atoms with Crippen molar-refractivity contribution < 1.29 is 4.89 Å². The highest BCUT2D eigenvalue weighted by Crippen LogP contribution is 2.41. The van der Waals surface area contributed by atoms with Crippen LogP contribution in [0.2, 0.25) is 0 Å². The van der Waals surface area contributed by atoms with Crippen molar-refractivity contribution >= 4 is 33.1 Å². The molecule has 0 amide bonds. The zero-order valence-corrected chi connectivity index (χ0v) is 18.2. The number of allylic oxidation sites excluding steroid dienone is 2. The van der Waals surface area contributed by atoms with Crippen molar-refractivity contribution in [3.63, 3.8) is 0 Å². The Hall–Kier alpha value is 0.0800. The normalized spacial score (nSPS) is 13.0. The molecular formula is C20H32IOP. The SMILES string of the molecule is CCCCCC/C=C/CCCc1cc(P(O)I)c(C)c(C)c1C. The van der Waals surface area contributed by atoms with Crippen LogP contribution in [0.15, 0.2) is 18.2 Å². The van der Waals surface area contributed by atoms with Crippen LogP contribution in [-0.4, -0.2) is 4.89 Å². The van der Waals surface area contributed by atoms with E-state index in [0.29, 0.717) is 0 Å². The van der Waals surface area contributed by atoms with Gasteiger partial charge in [0.1, 0.15) is 5.79 Å². The van der Waals surface area contributed by atoms with Gasteiger partial charge in [-0.15, -0.1) is 0 Å². The summed E-state index contributed by atoms with van der Waals surface area (Å²) in [6.07, 6.45) is 14.8. The van der Waals surface area contributed by atoms with Gasteiger partial charge in [0, 0.05) is 5.30 Å². The molecule has 0 radical (unpaired) electrons. The van der Waals surface area contributed by atoms with Crippen molar-refractivity contribution in [2.75, 3.05) is 0 Å². The zero-order chi connectivity index (χ0) is 17.2. The number of benzene rings is 1. The molecule has 0 aliphatic rings. The van der Waals surface area contributed by atoms with Gasteiger partial charge in [-0.3, -0.25) is 0 Å². The van der Waals surface area contributed by atoms with Crippen LogP contribution in [0.5, 0.6) is 0 Å². The third-order valence-electron chi connectivity index (χ3n) is 4.71. The molecule has 130 valence electrons. The molecule has 0 aliphatic heterocycles. The number of unbranched alkanes of at least 4 members (excludes halogenated alkanes) is 5. The molecule has 0 spiro atoms. The van der Waals surface area contributed by atoms with Gasteiger partial charge in [-0.2, -0.15) is 0 Å². The fraction of sp³-hybridized carbons (Fsp3) is 0.600. The van der Waals surface area contributed by atoms with Crippen LogP contribution in [-0.2, 0) is 6.42 Å². The van der Waals surface area contributed by atoms with Crippen LogP contribution in [0.3, 0.4) is 0 Å². The summed E-state index contributed by atoms with van der Waals surface area (Å²) < 4.78 is 0. The monoisotopic (exact) mass is 446 g/mol. The molecule has 1 unspecified atom stereocenters. The maximum atomic E-state index is 10.0. The Morgan fingerprint density at radius 1 is 0.957 bits per heavy atom. The quantitative estimate of drug-likeness (QED) is 0.181. The highest BCUT2D eigenvalue weighted by Gasteiger charge is 2.13. The highest BCUT2D eigenvalue weighted by atomic mass is 127. The first-order valence-corrected chi connectivity index (χ1v) is 13.0. The predicted octanol–water partition coefficient (Wildman–Crippen LogP) is 6.83. The molecule has 1 nitrogen and oxygen atoms in total. The molecule has 1 N–H and O–H groups in total. The number of aryl methyl sites for hydroxylation is 1. The van der Waals surface area contributed by atoms with Crippen LogP contribution < -0.4 is 5.30 Å². The van der Waals surface area contributed by atoms with E-state index >= 15 is 0 Å². The Bertz CT molecular complexity index is 509. The molecule has 3 heteroatoms. The second-order valence-corrected chi connectivity index (χ2v) is 10.1. The molecule has 0 heterocycles. The predicted molar refractivity (Wildman–Crippen MR) is 114 cm³/mol. The Balaban J connectivity index is 2.47. The molecule has 1 rings (SSSR count). The number of hydrogen-bond donors (Lipinski definition) is 1. The van der Waals surface area contributed by atoms with Crippen LogP contribution in [0.1, 0.15) is 74.1 Å². The smallest absolute Gasteiger partial charge is 0.122 e. The van der Waals surface area contributed by atoms with E-state index in [0.717, 1.165) is 18.1 Å². The van der Waals surface area contributed by atoms with E-state index in [4.69, 9.17) is 0 Å². The molecule has 23 heavy (non-hydrogen) atoms. The molecular weight excluding hydrogens is 414 g/mol. The topological polar surface area (TPSA) is 20.2 Å². The van der Waals surface area contributed by atoms with Gasteiger partial charge < -0.3 is 4.89 Å². The van der Waals surface area contributed by atoms with E-state index in [1.807, 2.05) is 0 Å². The fourth-order valence-corrected chi connectivity index (χ4v) is 5.09. The van der Waals surface area contributed by atoms with Gasteiger partial charge in [0.15, 0.2) is 0 Å². The minimum absolute atomic E-state index is 1.04. The van der Waals surface area contributed by atoms with Gasteiger partial charge >= 0.3 is 0 Å². The Labute approximate surface area is 157 Å². The van der Waals surface area contributed by atoms with Gasteiger partial charge in [-0.1, -0.05) is 38.3 Å². The maximum Gasteiger partial charge on any atom is 0.122 e. The molecule has 0 aromatic heterocycles. The Morgan fingerprint density at radius 3 is 2.22 bits per heavy atom. The van der Waals surface area contributed by atoms with Crippen molar-refractivity contribution in [3.8, 4) is 0 Å². The van der Waals surface area contributed by atoms with Gasteiger partial charge in [0.05, 0.1) is 0 Å². The lowest BCUT2D eigenvalue weighted by atomic mass is 9.95. The molecule has 1 aromatic carbocycles. The minimum Gasteiger partial charge on any atom is -0.360 e. The van der Waals surface area contributed by atoms with Crippen molar-refractivity contribution in [2.45, 2.75) is 79.1 Å². The lowest BCUT2D eigenvalue weighted by Crippen LogP contribution is -2.09. The average Bonchev–Trinajstić information content (AvgIpc) is 2.52. The fourth-order valence-electron chi connectivity index (χ4n) is 2.88. The first kappa shape index (κ1) is 21.1. The first-order chi connectivity index (χ1) is 11.0. The van der Waals surface area contributed by atoms with E-state index in [1.165, 1.54) is 60.8 Å². The lowest BCUT2D eigenvalue weighted by Gasteiger charge is -2.16. The average molecular weight is 446 g/mol. The molecule has 0 saturated carbocycles. The molecule has 0 bridgehead atoms. The molecule has 0 saturated heterocycles. The summed E-state index contributed by atoms with van der Waals surface area (Å²) in [5.74, 6) is -1.04. The van der Waals surface area contributed by atoms with E-state index < -0.39 is 5.79 Å². The summed E-state index contributed by atoms with van der Waals surface area (Å²) in [6, 6.07) is 2.24. The van der Waals surface area contributed by atoms with Crippen molar-refractivity contribution in [2.24, 2.45) is 0 Å². The van der Waals surface area contributed by atoms with Crippen molar-refractivity contribution in [3.05, 3.63) is 40.5 Å². The van der Waals surface area contributed by atoms with Gasteiger partial charge in [-0.25, -0.2) is 0 Å². The summed E-state index contributed by atoms with van der Waals surface area (Å²) in [6.45, 7) is 8.79. The maximum absolute atomic E-state index is 10.0. The van der Waals surface area contributed by atoms with Gasteiger partial charge in [0.2, 0.25) is 0 Å². The molecule has 0 aliphatic carbocycles. The zero-order valence-electron chi connectivity index (χ0n) is 15.2. The van der Waals surface area contributed by atoms with Crippen LogP contribution in [0, 0.1) is 20.8 Å².